The molecule has 0 heterocycles. The van der Waals surface area contributed by atoms with Crippen molar-refractivity contribution >= 4 is 39.5 Å². The van der Waals surface area contributed by atoms with Crippen LogP contribution in [0.4, 0.5) is 0 Å². The first-order valence-electron chi connectivity index (χ1n) is 10.6. The fraction of sp³-hybridized carbons (Fsp3) is 0.440. The van der Waals surface area contributed by atoms with E-state index in [1.807, 2.05) is 24.3 Å². The SMILES string of the molecule is Cc1cc(C)cc(CSCC(=O)N(Cc2ccc(Br)cc2)[C@@H](C)C(=O)NCC(C)C)c1. The van der Waals surface area contributed by atoms with Gasteiger partial charge in [0.25, 0.3) is 0 Å². The summed E-state index contributed by atoms with van der Waals surface area (Å²) in [6.07, 6.45) is 0. The fourth-order valence-electron chi connectivity index (χ4n) is 3.31. The Balaban J connectivity index is 2.06. The van der Waals surface area contributed by atoms with Crippen LogP contribution in [0, 0.1) is 19.8 Å². The minimum atomic E-state index is -0.531. The van der Waals surface area contributed by atoms with E-state index in [0.717, 1.165) is 15.8 Å². The number of hydrogen-bond acceptors (Lipinski definition) is 3. The summed E-state index contributed by atoms with van der Waals surface area (Å²) in [4.78, 5) is 27.5. The number of nitrogens with zero attached hydrogens (tertiary/aromatic N) is 1. The molecule has 0 fully saturated rings. The van der Waals surface area contributed by atoms with Crippen LogP contribution in [0.3, 0.4) is 0 Å². The zero-order chi connectivity index (χ0) is 23.0. The maximum Gasteiger partial charge on any atom is 0.242 e. The second-order valence-electron chi connectivity index (χ2n) is 8.45. The minimum Gasteiger partial charge on any atom is -0.354 e. The molecule has 0 bridgehead atoms. The van der Waals surface area contributed by atoms with Crippen LogP contribution in [-0.4, -0.2) is 35.1 Å². The van der Waals surface area contributed by atoms with Gasteiger partial charge in [-0.15, -0.1) is 11.8 Å². The topological polar surface area (TPSA) is 49.4 Å². The van der Waals surface area contributed by atoms with Gasteiger partial charge in [-0.25, -0.2) is 0 Å². The second kappa shape index (κ2) is 12.3. The molecule has 1 N–H and O–H groups in total. The van der Waals surface area contributed by atoms with Crippen LogP contribution in [0.15, 0.2) is 46.9 Å². The molecule has 0 aliphatic heterocycles. The highest BCUT2D eigenvalue weighted by Gasteiger charge is 2.26. The average molecular weight is 506 g/mol. The molecule has 2 aromatic rings. The molecule has 0 aliphatic rings. The number of benzene rings is 2. The molecular formula is C25H33BrN2O2S. The highest BCUT2D eigenvalue weighted by Crippen LogP contribution is 2.19. The second-order valence-corrected chi connectivity index (χ2v) is 10.4. The molecule has 0 saturated heterocycles. The third kappa shape index (κ3) is 8.69. The van der Waals surface area contributed by atoms with E-state index in [0.29, 0.717) is 24.8 Å². The third-order valence-corrected chi connectivity index (χ3v) is 6.41. The van der Waals surface area contributed by atoms with Crippen molar-refractivity contribution in [3.05, 3.63) is 69.2 Å². The van der Waals surface area contributed by atoms with Crippen molar-refractivity contribution in [2.24, 2.45) is 5.92 Å². The van der Waals surface area contributed by atoms with Gasteiger partial charge in [-0.05, 0) is 49.9 Å². The van der Waals surface area contributed by atoms with Gasteiger partial charge >= 0.3 is 0 Å². The standard InChI is InChI=1S/C25H33BrN2O2S/c1-17(2)13-27-25(30)20(5)28(14-21-6-8-23(26)9-7-21)24(29)16-31-15-22-11-18(3)10-19(4)12-22/h6-12,17,20H,13-16H2,1-5H3,(H,27,30)/t20-/m0/s1. The van der Waals surface area contributed by atoms with E-state index < -0.39 is 6.04 Å². The molecule has 2 rings (SSSR count). The zero-order valence-electron chi connectivity index (χ0n) is 19.1. The Morgan fingerprint density at radius 1 is 1.00 bits per heavy atom. The van der Waals surface area contributed by atoms with Gasteiger partial charge in [0.05, 0.1) is 5.75 Å². The number of thioether (sulfide) groups is 1. The lowest BCUT2D eigenvalue weighted by atomic mass is 10.1. The van der Waals surface area contributed by atoms with Crippen molar-refractivity contribution in [2.75, 3.05) is 12.3 Å². The summed E-state index contributed by atoms with van der Waals surface area (Å²) in [5.74, 6) is 1.34. The number of hydrogen-bond donors (Lipinski definition) is 1. The van der Waals surface area contributed by atoms with Crippen LogP contribution in [0.1, 0.15) is 43.0 Å². The first kappa shape index (κ1) is 25.5. The molecule has 1 atom stereocenters. The van der Waals surface area contributed by atoms with Crippen LogP contribution in [0.2, 0.25) is 0 Å². The first-order chi connectivity index (χ1) is 14.7. The normalized spacial score (nSPS) is 12.0. The lowest BCUT2D eigenvalue weighted by Gasteiger charge is -2.29. The molecule has 6 heteroatoms. The summed E-state index contributed by atoms with van der Waals surface area (Å²) in [5.41, 5.74) is 4.68. The Bertz CT molecular complexity index is 863. The van der Waals surface area contributed by atoms with Gasteiger partial charge in [0.1, 0.15) is 6.04 Å². The maximum absolute atomic E-state index is 13.1. The van der Waals surface area contributed by atoms with Crippen molar-refractivity contribution in [2.45, 2.75) is 53.0 Å². The maximum atomic E-state index is 13.1. The van der Waals surface area contributed by atoms with Gasteiger partial charge in [0.2, 0.25) is 11.8 Å². The predicted molar refractivity (Wildman–Crippen MR) is 134 cm³/mol. The Morgan fingerprint density at radius 3 is 2.19 bits per heavy atom. The molecule has 0 saturated carbocycles. The molecule has 0 unspecified atom stereocenters. The quantitative estimate of drug-likeness (QED) is 0.465. The van der Waals surface area contributed by atoms with E-state index in [1.54, 1.807) is 23.6 Å². The Labute approximate surface area is 199 Å². The minimum absolute atomic E-state index is 0.0236. The van der Waals surface area contributed by atoms with Gasteiger partial charge in [-0.3, -0.25) is 9.59 Å². The molecule has 168 valence electrons. The summed E-state index contributed by atoms with van der Waals surface area (Å²) in [6.45, 7) is 11.1. The third-order valence-electron chi connectivity index (χ3n) is 4.89. The van der Waals surface area contributed by atoms with Crippen LogP contribution >= 0.6 is 27.7 Å². The lowest BCUT2D eigenvalue weighted by molar-refractivity contribution is -0.138. The molecule has 2 aromatic carbocycles. The van der Waals surface area contributed by atoms with Crippen LogP contribution in [-0.2, 0) is 21.9 Å². The van der Waals surface area contributed by atoms with Crippen molar-refractivity contribution in [1.29, 1.82) is 0 Å². The van der Waals surface area contributed by atoms with Crippen LogP contribution < -0.4 is 5.32 Å². The van der Waals surface area contributed by atoms with Crippen molar-refractivity contribution < 1.29 is 9.59 Å². The van der Waals surface area contributed by atoms with Crippen molar-refractivity contribution in [3.8, 4) is 0 Å². The van der Waals surface area contributed by atoms with E-state index in [1.165, 1.54) is 16.7 Å². The van der Waals surface area contributed by atoms with E-state index in [9.17, 15) is 9.59 Å². The van der Waals surface area contributed by atoms with Crippen LogP contribution in [0.5, 0.6) is 0 Å². The van der Waals surface area contributed by atoms with E-state index >= 15 is 0 Å². The average Bonchev–Trinajstić information content (AvgIpc) is 2.70. The van der Waals surface area contributed by atoms with Crippen molar-refractivity contribution in [3.63, 3.8) is 0 Å². The molecular weight excluding hydrogens is 472 g/mol. The highest BCUT2D eigenvalue weighted by atomic mass is 79.9. The molecule has 0 radical (unpaired) electrons. The number of aryl methyl sites for hydroxylation is 2. The summed E-state index contributed by atoms with van der Waals surface area (Å²) in [7, 11) is 0. The van der Waals surface area contributed by atoms with E-state index in [-0.39, 0.29) is 11.8 Å². The number of carbonyl (C=O) groups is 2. The van der Waals surface area contributed by atoms with Crippen molar-refractivity contribution in [1.82, 2.24) is 10.2 Å². The van der Waals surface area contributed by atoms with Gasteiger partial charge in [-0.1, -0.05) is 71.2 Å². The summed E-state index contributed by atoms with van der Waals surface area (Å²) < 4.78 is 0.987. The fourth-order valence-corrected chi connectivity index (χ4v) is 4.42. The number of rotatable bonds is 10. The van der Waals surface area contributed by atoms with Gasteiger partial charge < -0.3 is 10.2 Å². The molecule has 31 heavy (non-hydrogen) atoms. The van der Waals surface area contributed by atoms with Crippen LogP contribution in [0.25, 0.3) is 0 Å². The summed E-state index contributed by atoms with van der Waals surface area (Å²) >= 11 is 5.04. The summed E-state index contributed by atoms with van der Waals surface area (Å²) in [6, 6.07) is 13.8. The highest BCUT2D eigenvalue weighted by molar-refractivity contribution is 9.10. The molecule has 0 aromatic heterocycles. The number of carbonyl (C=O) groups excluding carboxylic acids is 2. The molecule has 2 amide bonds. The molecule has 4 nitrogen and oxygen atoms in total. The molecule has 0 spiro atoms. The Morgan fingerprint density at radius 2 is 1.61 bits per heavy atom. The largest absolute Gasteiger partial charge is 0.354 e. The lowest BCUT2D eigenvalue weighted by Crippen LogP contribution is -2.48. The first-order valence-corrected chi connectivity index (χ1v) is 12.6. The van der Waals surface area contributed by atoms with Gasteiger partial charge in [0, 0.05) is 23.3 Å². The van der Waals surface area contributed by atoms with E-state index in [4.69, 9.17) is 0 Å². The Kier molecular flexibility index (Phi) is 10.1. The smallest absolute Gasteiger partial charge is 0.242 e. The summed E-state index contributed by atoms with van der Waals surface area (Å²) in [5, 5.41) is 2.96. The molecule has 0 aliphatic carbocycles. The number of halogens is 1. The Hall–Kier alpha value is -1.79. The number of amides is 2. The van der Waals surface area contributed by atoms with Gasteiger partial charge in [-0.2, -0.15) is 0 Å². The zero-order valence-corrected chi connectivity index (χ0v) is 21.5. The monoisotopic (exact) mass is 504 g/mol. The number of nitrogens with one attached hydrogen (secondary N) is 1. The van der Waals surface area contributed by atoms with E-state index in [2.05, 4.69) is 67.1 Å². The predicted octanol–water partition coefficient (Wildman–Crippen LogP) is 5.49. The van der Waals surface area contributed by atoms with Gasteiger partial charge in [0.15, 0.2) is 0 Å².